The van der Waals surface area contributed by atoms with Crippen molar-refractivity contribution in [1.29, 1.82) is 0 Å². The fraction of sp³-hybridized carbons (Fsp3) is 1.00. The third kappa shape index (κ3) is 8.85. The van der Waals surface area contributed by atoms with E-state index in [1.165, 1.54) is 6.42 Å². The van der Waals surface area contributed by atoms with Crippen molar-refractivity contribution in [3.8, 4) is 0 Å². The van der Waals surface area contributed by atoms with Crippen LogP contribution in [-0.4, -0.2) is 48.8 Å². The molecule has 2 atom stereocenters. The maximum absolute atomic E-state index is 9.75. The van der Waals surface area contributed by atoms with Crippen molar-refractivity contribution in [3.63, 3.8) is 0 Å². The van der Waals surface area contributed by atoms with Gasteiger partial charge in [-0.3, -0.25) is 0 Å². The van der Waals surface area contributed by atoms with Crippen LogP contribution in [0.4, 0.5) is 0 Å². The zero-order valence-corrected chi connectivity index (χ0v) is 11.0. The normalized spacial score (nSPS) is 16.0. The van der Waals surface area contributed by atoms with Gasteiger partial charge in [-0.2, -0.15) is 0 Å². The maximum Gasteiger partial charge on any atom is 0.0791 e. The molecule has 2 unspecified atom stereocenters. The predicted octanol–water partition coefficient (Wildman–Crippen LogP) is 1.32. The van der Waals surface area contributed by atoms with Gasteiger partial charge < -0.3 is 15.3 Å². The van der Waals surface area contributed by atoms with Crippen molar-refractivity contribution in [1.82, 2.24) is 10.2 Å². The molecule has 0 aromatic heterocycles. The van der Waals surface area contributed by atoms with Crippen molar-refractivity contribution < 1.29 is 5.11 Å². The van der Waals surface area contributed by atoms with E-state index in [1.807, 2.05) is 0 Å². The Morgan fingerprint density at radius 2 is 1.80 bits per heavy atom. The van der Waals surface area contributed by atoms with Crippen molar-refractivity contribution in [2.24, 2.45) is 5.92 Å². The van der Waals surface area contributed by atoms with E-state index >= 15 is 0 Å². The number of hydrogen-bond acceptors (Lipinski definition) is 3. The first-order valence-electron chi connectivity index (χ1n) is 6.05. The zero-order valence-electron chi connectivity index (χ0n) is 11.0. The number of aliphatic hydroxyl groups excluding tert-OH is 1. The summed E-state index contributed by atoms with van der Waals surface area (Å²) in [5.41, 5.74) is 0. The van der Waals surface area contributed by atoms with E-state index in [9.17, 15) is 5.11 Å². The summed E-state index contributed by atoms with van der Waals surface area (Å²) in [6, 6.07) is 0.444. The van der Waals surface area contributed by atoms with Crippen LogP contribution in [0.25, 0.3) is 0 Å². The van der Waals surface area contributed by atoms with E-state index in [2.05, 4.69) is 45.0 Å². The largest absolute Gasteiger partial charge is 0.390 e. The molecule has 0 radical (unpaired) electrons. The standard InChI is InChI=1S/C12H28N2O/c1-6-11(4)8-14(5)9-12(15)7-13-10(2)3/h10-13,15H,6-9H2,1-5H3. The SMILES string of the molecule is CCC(C)CN(C)CC(O)CNC(C)C. The number of hydrogen-bond donors (Lipinski definition) is 2. The predicted molar refractivity (Wildman–Crippen MR) is 66.1 cm³/mol. The van der Waals surface area contributed by atoms with Crippen molar-refractivity contribution >= 4 is 0 Å². The molecular weight excluding hydrogens is 188 g/mol. The smallest absolute Gasteiger partial charge is 0.0791 e. The fourth-order valence-corrected chi connectivity index (χ4v) is 1.53. The quantitative estimate of drug-likeness (QED) is 0.642. The van der Waals surface area contributed by atoms with Crippen LogP contribution < -0.4 is 5.32 Å². The van der Waals surface area contributed by atoms with Gasteiger partial charge in [-0.1, -0.05) is 34.1 Å². The Morgan fingerprint density at radius 1 is 1.20 bits per heavy atom. The second kappa shape index (κ2) is 8.08. The van der Waals surface area contributed by atoms with Crippen LogP contribution in [0.3, 0.4) is 0 Å². The molecule has 0 amide bonds. The average Bonchev–Trinajstić information content (AvgIpc) is 2.14. The molecular formula is C12H28N2O. The van der Waals surface area contributed by atoms with E-state index in [4.69, 9.17) is 0 Å². The van der Waals surface area contributed by atoms with Crippen LogP contribution in [0.15, 0.2) is 0 Å². The summed E-state index contributed by atoms with van der Waals surface area (Å²) >= 11 is 0. The molecule has 0 heterocycles. The van der Waals surface area contributed by atoms with Gasteiger partial charge >= 0.3 is 0 Å². The van der Waals surface area contributed by atoms with E-state index in [1.54, 1.807) is 0 Å². The lowest BCUT2D eigenvalue weighted by Crippen LogP contribution is -2.39. The summed E-state index contributed by atoms with van der Waals surface area (Å²) < 4.78 is 0. The first-order chi connectivity index (χ1) is 6.95. The molecule has 0 saturated carbocycles. The van der Waals surface area contributed by atoms with Gasteiger partial charge in [0, 0.05) is 25.7 Å². The monoisotopic (exact) mass is 216 g/mol. The Balaban J connectivity index is 3.61. The highest BCUT2D eigenvalue weighted by molar-refractivity contribution is 4.67. The number of aliphatic hydroxyl groups is 1. The van der Waals surface area contributed by atoms with Crippen LogP contribution >= 0.6 is 0 Å². The molecule has 0 aromatic carbocycles. The van der Waals surface area contributed by atoms with Gasteiger partial charge in [0.05, 0.1) is 6.10 Å². The Kier molecular flexibility index (Phi) is 8.02. The Bertz CT molecular complexity index is 151. The molecule has 3 heteroatoms. The first kappa shape index (κ1) is 14.9. The molecule has 3 nitrogen and oxygen atoms in total. The first-order valence-corrected chi connectivity index (χ1v) is 6.05. The third-order valence-electron chi connectivity index (χ3n) is 2.60. The molecule has 0 rings (SSSR count). The lowest BCUT2D eigenvalue weighted by Gasteiger charge is -2.24. The number of rotatable bonds is 8. The third-order valence-corrected chi connectivity index (χ3v) is 2.60. The molecule has 0 aliphatic carbocycles. The molecule has 0 fully saturated rings. The van der Waals surface area contributed by atoms with E-state index in [0.717, 1.165) is 13.1 Å². The van der Waals surface area contributed by atoms with Crippen LogP contribution in [0.5, 0.6) is 0 Å². The summed E-state index contributed by atoms with van der Waals surface area (Å²) in [5, 5.41) is 13.0. The molecule has 0 aromatic rings. The summed E-state index contributed by atoms with van der Waals surface area (Å²) in [4.78, 5) is 2.21. The molecule has 0 spiro atoms. The second-order valence-electron chi connectivity index (χ2n) is 4.95. The van der Waals surface area contributed by atoms with Crippen molar-refractivity contribution in [3.05, 3.63) is 0 Å². The van der Waals surface area contributed by atoms with Gasteiger partial charge in [0.15, 0.2) is 0 Å². The van der Waals surface area contributed by atoms with Gasteiger partial charge in [-0.05, 0) is 13.0 Å². The molecule has 0 aliphatic rings. The van der Waals surface area contributed by atoms with Crippen LogP contribution in [0.1, 0.15) is 34.1 Å². The molecule has 0 aliphatic heterocycles. The molecule has 2 N–H and O–H groups in total. The second-order valence-corrected chi connectivity index (χ2v) is 4.95. The zero-order chi connectivity index (χ0) is 11.8. The minimum atomic E-state index is -0.263. The molecule has 0 saturated heterocycles. The van der Waals surface area contributed by atoms with Gasteiger partial charge in [0.1, 0.15) is 0 Å². The summed E-state index contributed by atoms with van der Waals surface area (Å²) in [7, 11) is 2.07. The van der Waals surface area contributed by atoms with Gasteiger partial charge in [0.25, 0.3) is 0 Å². The Hall–Kier alpha value is -0.120. The van der Waals surface area contributed by atoms with Crippen LogP contribution in [0, 0.1) is 5.92 Å². The fourth-order valence-electron chi connectivity index (χ4n) is 1.53. The number of likely N-dealkylation sites (N-methyl/N-ethyl adjacent to an activating group) is 1. The summed E-state index contributed by atoms with van der Waals surface area (Å²) in [5.74, 6) is 0.709. The van der Waals surface area contributed by atoms with Gasteiger partial charge in [0.2, 0.25) is 0 Å². The van der Waals surface area contributed by atoms with Gasteiger partial charge in [-0.15, -0.1) is 0 Å². The number of nitrogens with one attached hydrogen (secondary N) is 1. The minimum absolute atomic E-state index is 0.263. The Labute approximate surface area is 94.9 Å². The summed E-state index contributed by atoms with van der Waals surface area (Å²) in [6.45, 7) is 11.1. The average molecular weight is 216 g/mol. The highest BCUT2D eigenvalue weighted by atomic mass is 16.3. The van der Waals surface area contributed by atoms with Crippen molar-refractivity contribution in [2.75, 3.05) is 26.7 Å². The molecule has 0 bridgehead atoms. The number of nitrogens with zero attached hydrogens (tertiary/aromatic N) is 1. The van der Waals surface area contributed by atoms with Crippen LogP contribution in [-0.2, 0) is 0 Å². The van der Waals surface area contributed by atoms with Crippen LogP contribution in [0.2, 0.25) is 0 Å². The van der Waals surface area contributed by atoms with E-state index in [-0.39, 0.29) is 6.10 Å². The van der Waals surface area contributed by atoms with Gasteiger partial charge in [-0.25, -0.2) is 0 Å². The maximum atomic E-state index is 9.75. The summed E-state index contributed by atoms with van der Waals surface area (Å²) in [6.07, 6.45) is 0.937. The minimum Gasteiger partial charge on any atom is -0.390 e. The lowest BCUT2D eigenvalue weighted by atomic mass is 10.1. The lowest BCUT2D eigenvalue weighted by molar-refractivity contribution is 0.115. The molecule has 15 heavy (non-hydrogen) atoms. The highest BCUT2D eigenvalue weighted by Gasteiger charge is 2.10. The van der Waals surface area contributed by atoms with E-state index < -0.39 is 0 Å². The highest BCUT2D eigenvalue weighted by Crippen LogP contribution is 2.02. The van der Waals surface area contributed by atoms with Crippen molar-refractivity contribution in [2.45, 2.75) is 46.3 Å². The Morgan fingerprint density at radius 3 is 2.27 bits per heavy atom. The van der Waals surface area contributed by atoms with E-state index in [0.29, 0.717) is 18.5 Å². The topological polar surface area (TPSA) is 35.5 Å². The molecule has 92 valence electrons.